The summed E-state index contributed by atoms with van der Waals surface area (Å²) >= 11 is 3.70. The van der Waals surface area contributed by atoms with Gasteiger partial charge in [0.15, 0.2) is 0 Å². The van der Waals surface area contributed by atoms with Crippen molar-refractivity contribution in [1.82, 2.24) is 5.32 Å². The molecule has 0 saturated heterocycles. The molecule has 1 heterocycles. The fourth-order valence-electron chi connectivity index (χ4n) is 2.32. The van der Waals surface area contributed by atoms with Crippen LogP contribution in [-0.4, -0.2) is 13.7 Å². The molecule has 0 spiro atoms. The van der Waals surface area contributed by atoms with Crippen LogP contribution in [0.1, 0.15) is 42.0 Å². The van der Waals surface area contributed by atoms with E-state index in [1.807, 2.05) is 12.1 Å². The molecule has 1 aromatic carbocycles. The summed E-state index contributed by atoms with van der Waals surface area (Å²) in [6, 6.07) is 10.4. The lowest BCUT2D eigenvalue weighted by Gasteiger charge is -2.19. The van der Waals surface area contributed by atoms with E-state index in [4.69, 9.17) is 9.15 Å². The van der Waals surface area contributed by atoms with E-state index < -0.39 is 0 Å². The Hall–Kier alpha value is -1.10. The lowest BCUT2D eigenvalue weighted by atomic mass is 10.0. The number of benzene rings is 1. The molecule has 0 amide bonds. The largest absolute Gasteiger partial charge is 0.462 e. The summed E-state index contributed by atoms with van der Waals surface area (Å²) in [5, 5.41) is 3.56. The summed E-state index contributed by atoms with van der Waals surface area (Å²) in [6.45, 7) is 5.69. The van der Waals surface area contributed by atoms with Gasteiger partial charge in [-0.3, -0.25) is 0 Å². The minimum absolute atomic E-state index is 0.0461. The van der Waals surface area contributed by atoms with Crippen LogP contribution in [-0.2, 0) is 11.3 Å². The third-order valence-corrected chi connectivity index (χ3v) is 4.47. The highest BCUT2D eigenvalue weighted by Crippen LogP contribution is 2.31. The molecule has 2 aromatic rings. The molecule has 0 aliphatic carbocycles. The second-order valence-corrected chi connectivity index (χ2v) is 5.90. The molecule has 0 fully saturated rings. The Morgan fingerprint density at radius 2 is 2.10 bits per heavy atom. The molecule has 1 unspecified atom stereocenters. The maximum atomic E-state index is 5.92. The van der Waals surface area contributed by atoms with E-state index in [0.29, 0.717) is 6.61 Å². The molecule has 0 aliphatic rings. The number of halogens is 1. The zero-order chi connectivity index (χ0) is 15.2. The van der Waals surface area contributed by atoms with Gasteiger partial charge in [-0.1, -0.05) is 41.1 Å². The fraction of sp³-hybridized carbons (Fsp3) is 0.412. The summed E-state index contributed by atoms with van der Waals surface area (Å²) in [7, 11) is 1.67. The number of nitrogens with one attached hydrogen (secondary N) is 1. The standard InChI is InChI=1S/C17H22BrNO2/c1-4-10-19-17(14-7-5-6-12(2)16(14)18)15-9-8-13(21-15)11-20-3/h5-9,17,19H,4,10-11H2,1-3H3. The molecule has 0 bridgehead atoms. The lowest BCUT2D eigenvalue weighted by molar-refractivity contribution is 0.162. The number of furan rings is 1. The quantitative estimate of drug-likeness (QED) is 0.792. The first-order chi connectivity index (χ1) is 10.2. The molecular weight excluding hydrogens is 330 g/mol. The summed E-state index contributed by atoms with van der Waals surface area (Å²) in [5.41, 5.74) is 2.42. The lowest BCUT2D eigenvalue weighted by Crippen LogP contribution is -2.23. The third kappa shape index (κ3) is 3.96. The van der Waals surface area contributed by atoms with E-state index in [1.54, 1.807) is 7.11 Å². The Balaban J connectivity index is 2.34. The van der Waals surface area contributed by atoms with Crippen molar-refractivity contribution in [3.8, 4) is 0 Å². The number of ether oxygens (including phenoxy) is 1. The molecule has 2 rings (SSSR count). The first-order valence-corrected chi connectivity index (χ1v) is 8.02. The van der Waals surface area contributed by atoms with Crippen molar-refractivity contribution in [1.29, 1.82) is 0 Å². The van der Waals surface area contributed by atoms with Gasteiger partial charge in [0.05, 0.1) is 6.04 Å². The smallest absolute Gasteiger partial charge is 0.129 e. The van der Waals surface area contributed by atoms with E-state index >= 15 is 0 Å². The Morgan fingerprint density at radius 3 is 2.81 bits per heavy atom. The number of aryl methyl sites for hydroxylation is 1. The molecule has 3 nitrogen and oxygen atoms in total. The molecular formula is C17H22BrNO2. The van der Waals surface area contributed by atoms with Crippen LogP contribution in [0.25, 0.3) is 0 Å². The topological polar surface area (TPSA) is 34.4 Å². The van der Waals surface area contributed by atoms with Gasteiger partial charge in [-0.15, -0.1) is 0 Å². The average molecular weight is 352 g/mol. The molecule has 4 heteroatoms. The summed E-state index contributed by atoms with van der Waals surface area (Å²) in [4.78, 5) is 0. The Kier molecular flexibility index (Phi) is 6.03. The van der Waals surface area contributed by atoms with Crippen molar-refractivity contribution < 1.29 is 9.15 Å². The maximum Gasteiger partial charge on any atom is 0.129 e. The van der Waals surface area contributed by atoms with E-state index in [1.165, 1.54) is 11.1 Å². The third-order valence-electron chi connectivity index (χ3n) is 3.38. The molecule has 1 N–H and O–H groups in total. The van der Waals surface area contributed by atoms with E-state index in [0.717, 1.165) is 29.0 Å². The average Bonchev–Trinajstić information content (AvgIpc) is 2.92. The van der Waals surface area contributed by atoms with E-state index in [2.05, 4.69) is 53.3 Å². The van der Waals surface area contributed by atoms with E-state index in [-0.39, 0.29) is 6.04 Å². The highest BCUT2D eigenvalue weighted by atomic mass is 79.9. The Labute approximate surface area is 134 Å². The van der Waals surface area contributed by atoms with Crippen molar-refractivity contribution >= 4 is 15.9 Å². The zero-order valence-electron chi connectivity index (χ0n) is 12.8. The summed E-state index contributed by atoms with van der Waals surface area (Å²) in [5.74, 6) is 1.77. The number of hydrogen-bond donors (Lipinski definition) is 1. The van der Waals surface area contributed by atoms with Gasteiger partial charge in [-0.25, -0.2) is 0 Å². The van der Waals surface area contributed by atoms with Crippen LogP contribution >= 0.6 is 15.9 Å². The second kappa shape index (κ2) is 7.78. The van der Waals surface area contributed by atoms with Gasteiger partial charge in [-0.05, 0) is 43.1 Å². The number of rotatable bonds is 7. The fourth-order valence-corrected chi connectivity index (χ4v) is 2.81. The predicted molar refractivity (Wildman–Crippen MR) is 88.4 cm³/mol. The van der Waals surface area contributed by atoms with Crippen molar-refractivity contribution in [3.05, 3.63) is 57.5 Å². The molecule has 0 radical (unpaired) electrons. The minimum atomic E-state index is 0.0461. The van der Waals surface area contributed by atoms with Gasteiger partial charge in [0, 0.05) is 11.6 Å². The van der Waals surface area contributed by atoms with Crippen LogP contribution < -0.4 is 5.32 Å². The predicted octanol–water partition coefficient (Wildman–Crippen LogP) is 4.59. The Bertz CT molecular complexity index is 580. The molecule has 114 valence electrons. The molecule has 1 atom stereocenters. The van der Waals surface area contributed by atoms with Crippen LogP contribution in [0.2, 0.25) is 0 Å². The highest BCUT2D eigenvalue weighted by molar-refractivity contribution is 9.10. The van der Waals surface area contributed by atoms with Crippen molar-refractivity contribution in [2.75, 3.05) is 13.7 Å². The van der Waals surface area contributed by atoms with Gasteiger partial charge < -0.3 is 14.5 Å². The first kappa shape index (κ1) is 16.3. The zero-order valence-corrected chi connectivity index (χ0v) is 14.4. The Morgan fingerprint density at radius 1 is 1.29 bits per heavy atom. The second-order valence-electron chi connectivity index (χ2n) is 5.10. The monoisotopic (exact) mass is 351 g/mol. The normalized spacial score (nSPS) is 12.6. The van der Waals surface area contributed by atoms with Crippen molar-refractivity contribution in [3.63, 3.8) is 0 Å². The van der Waals surface area contributed by atoms with Gasteiger partial charge in [0.1, 0.15) is 18.1 Å². The van der Waals surface area contributed by atoms with Crippen LogP contribution in [0.15, 0.2) is 39.2 Å². The number of methoxy groups -OCH3 is 1. The summed E-state index contributed by atoms with van der Waals surface area (Å²) in [6.07, 6.45) is 1.07. The van der Waals surface area contributed by atoms with Crippen LogP contribution in [0.4, 0.5) is 0 Å². The van der Waals surface area contributed by atoms with Gasteiger partial charge in [-0.2, -0.15) is 0 Å². The van der Waals surface area contributed by atoms with Crippen molar-refractivity contribution in [2.45, 2.75) is 32.9 Å². The minimum Gasteiger partial charge on any atom is -0.462 e. The van der Waals surface area contributed by atoms with Gasteiger partial charge in [0.2, 0.25) is 0 Å². The van der Waals surface area contributed by atoms with E-state index in [9.17, 15) is 0 Å². The number of hydrogen-bond acceptors (Lipinski definition) is 3. The molecule has 1 aromatic heterocycles. The molecule has 0 aliphatic heterocycles. The SMILES string of the molecule is CCCNC(c1ccc(COC)o1)c1cccc(C)c1Br. The van der Waals surface area contributed by atoms with Gasteiger partial charge >= 0.3 is 0 Å². The van der Waals surface area contributed by atoms with Gasteiger partial charge in [0.25, 0.3) is 0 Å². The van der Waals surface area contributed by atoms with Crippen molar-refractivity contribution in [2.24, 2.45) is 0 Å². The molecule has 21 heavy (non-hydrogen) atoms. The highest BCUT2D eigenvalue weighted by Gasteiger charge is 2.20. The molecule has 0 saturated carbocycles. The summed E-state index contributed by atoms with van der Waals surface area (Å²) < 4.78 is 12.2. The van der Waals surface area contributed by atoms with Crippen LogP contribution in [0.3, 0.4) is 0 Å². The maximum absolute atomic E-state index is 5.92. The van der Waals surface area contributed by atoms with Crippen LogP contribution in [0, 0.1) is 6.92 Å². The van der Waals surface area contributed by atoms with Crippen LogP contribution in [0.5, 0.6) is 0 Å². The first-order valence-electron chi connectivity index (χ1n) is 7.23.